The molecule has 2 atom stereocenters. The molecule has 1 fully saturated rings. The van der Waals surface area contributed by atoms with Gasteiger partial charge >= 0.3 is 0 Å². The highest BCUT2D eigenvalue weighted by atomic mass is 15.2. The Morgan fingerprint density at radius 1 is 0.760 bits per heavy atom. The number of aryl methyl sites for hydroxylation is 1. The molecule has 0 saturated heterocycles. The van der Waals surface area contributed by atoms with Crippen molar-refractivity contribution in [2.24, 2.45) is 22.0 Å². The Balaban J connectivity index is 1.76. The lowest BCUT2D eigenvalue weighted by Crippen LogP contribution is -2.35. The number of hydrogen-bond acceptors (Lipinski definition) is 4. The zero-order valence-corrected chi connectivity index (χ0v) is 14.7. The first-order valence-electron chi connectivity index (χ1n) is 9.33. The van der Waals surface area contributed by atoms with Gasteiger partial charge in [-0.05, 0) is 43.5 Å². The van der Waals surface area contributed by atoms with Crippen LogP contribution in [0.15, 0.2) is 52.9 Å². The van der Waals surface area contributed by atoms with Crippen molar-refractivity contribution in [3.8, 4) is 0 Å². The highest BCUT2D eigenvalue weighted by Gasteiger charge is 2.35. The van der Waals surface area contributed by atoms with Crippen LogP contribution in [0.2, 0.25) is 0 Å². The van der Waals surface area contributed by atoms with E-state index >= 15 is 0 Å². The summed E-state index contributed by atoms with van der Waals surface area (Å²) in [6, 6.07) is 10.2. The number of nitrogens with zero attached hydrogens (tertiary/aromatic N) is 4. The summed E-state index contributed by atoms with van der Waals surface area (Å²) in [5, 5.41) is 9.28. The van der Waals surface area contributed by atoms with E-state index in [4.69, 9.17) is 0 Å². The van der Waals surface area contributed by atoms with E-state index < -0.39 is 0 Å². The summed E-state index contributed by atoms with van der Waals surface area (Å²) in [7, 11) is 0. The fourth-order valence-corrected chi connectivity index (χ4v) is 4.01. The lowest BCUT2D eigenvalue weighted by atomic mass is 9.74. The second-order valence-electron chi connectivity index (χ2n) is 7.11. The van der Waals surface area contributed by atoms with Crippen LogP contribution in [0.25, 0.3) is 0 Å². The second kappa shape index (κ2) is 7.26. The average Bonchev–Trinajstić information content (AvgIpc) is 2.63. The molecular weight excluding hydrogens is 308 g/mol. The number of aromatic nitrogens is 2. The van der Waals surface area contributed by atoms with Crippen molar-refractivity contribution in [1.29, 1.82) is 0 Å². The molecule has 128 valence electrons. The number of rotatable bonds is 2. The molecule has 1 aliphatic heterocycles. The van der Waals surface area contributed by atoms with Crippen molar-refractivity contribution >= 4 is 11.4 Å². The summed E-state index contributed by atoms with van der Waals surface area (Å²) in [6.07, 6.45) is 11.2. The molecule has 0 amide bonds. The summed E-state index contributed by atoms with van der Waals surface area (Å²) in [4.78, 5) is 9.17. The molecule has 4 heteroatoms. The largest absolute Gasteiger partial charge is 0.255 e. The van der Waals surface area contributed by atoms with Gasteiger partial charge in [-0.25, -0.2) is 0 Å². The van der Waals surface area contributed by atoms with E-state index in [0.717, 1.165) is 35.7 Å². The standard InChI is InChI=1S/C21H24N4/c1-15-11-12-19(23-14-15)21-17-9-5-3-2-4-8-16(17)20(24-25-21)18-10-6-7-13-22-18/h6-7,10-14,16-17H,2-5,8-9H2,1H3. The minimum atomic E-state index is 0.394. The van der Waals surface area contributed by atoms with Gasteiger partial charge in [0.05, 0.1) is 22.8 Å². The molecule has 2 aromatic rings. The minimum Gasteiger partial charge on any atom is -0.255 e. The Bertz CT molecular complexity index is 777. The third-order valence-corrected chi connectivity index (χ3v) is 5.33. The molecular formula is C21H24N4. The molecule has 4 nitrogen and oxygen atoms in total. The van der Waals surface area contributed by atoms with Gasteiger partial charge < -0.3 is 0 Å². The zero-order chi connectivity index (χ0) is 17.1. The predicted molar refractivity (Wildman–Crippen MR) is 101 cm³/mol. The van der Waals surface area contributed by atoms with Crippen LogP contribution in [0, 0.1) is 18.8 Å². The average molecular weight is 332 g/mol. The first-order chi connectivity index (χ1) is 12.3. The third kappa shape index (κ3) is 3.39. The van der Waals surface area contributed by atoms with Gasteiger partial charge in [-0.2, -0.15) is 10.2 Å². The molecule has 0 spiro atoms. The molecule has 3 heterocycles. The maximum atomic E-state index is 4.65. The van der Waals surface area contributed by atoms with Gasteiger partial charge in [-0.1, -0.05) is 37.8 Å². The molecule has 25 heavy (non-hydrogen) atoms. The molecule has 4 rings (SSSR count). The Kier molecular flexibility index (Phi) is 4.68. The fourth-order valence-electron chi connectivity index (χ4n) is 4.01. The molecule has 1 aliphatic carbocycles. The van der Waals surface area contributed by atoms with Crippen molar-refractivity contribution in [3.05, 3.63) is 59.7 Å². The summed E-state index contributed by atoms with van der Waals surface area (Å²) in [6.45, 7) is 2.06. The van der Waals surface area contributed by atoms with Crippen molar-refractivity contribution in [1.82, 2.24) is 9.97 Å². The Labute approximate surface area is 149 Å². The summed E-state index contributed by atoms with van der Waals surface area (Å²) in [5.74, 6) is 0.788. The molecule has 0 N–H and O–H groups in total. The van der Waals surface area contributed by atoms with Crippen LogP contribution in [0.5, 0.6) is 0 Å². The Morgan fingerprint density at radius 2 is 1.44 bits per heavy atom. The van der Waals surface area contributed by atoms with E-state index in [2.05, 4.69) is 45.3 Å². The minimum absolute atomic E-state index is 0.394. The van der Waals surface area contributed by atoms with Gasteiger partial charge in [0.15, 0.2) is 0 Å². The van der Waals surface area contributed by atoms with E-state index in [1.54, 1.807) is 0 Å². The van der Waals surface area contributed by atoms with Crippen LogP contribution in [0.1, 0.15) is 55.5 Å². The first kappa shape index (κ1) is 16.1. The smallest absolute Gasteiger partial charge is 0.0924 e. The summed E-state index contributed by atoms with van der Waals surface area (Å²) < 4.78 is 0. The van der Waals surface area contributed by atoms with Crippen LogP contribution in [0.4, 0.5) is 0 Å². The summed E-state index contributed by atoms with van der Waals surface area (Å²) in [5.41, 5.74) is 5.24. The van der Waals surface area contributed by atoms with Crippen molar-refractivity contribution in [3.63, 3.8) is 0 Å². The van der Waals surface area contributed by atoms with Crippen LogP contribution in [-0.2, 0) is 0 Å². The lowest BCUT2D eigenvalue weighted by molar-refractivity contribution is 0.391. The predicted octanol–water partition coefficient (Wildman–Crippen LogP) is 4.58. The van der Waals surface area contributed by atoms with Gasteiger partial charge in [-0.3, -0.25) is 9.97 Å². The van der Waals surface area contributed by atoms with Crippen LogP contribution in [0.3, 0.4) is 0 Å². The number of hydrogen-bond donors (Lipinski definition) is 0. The molecule has 0 radical (unpaired) electrons. The topological polar surface area (TPSA) is 50.5 Å². The van der Waals surface area contributed by atoms with E-state index in [0.29, 0.717) is 11.8 Å². The van der Waals surface area contributed by atoms with E-state index in [-0.39, 0.29) is 0 Å². The quantitative estimate of drug-likeness (QED) is 0.808. The molecule has 2 aromatic heterocycles. The van der Waals surface area contributed by atoms with Crippen LogP contribution < -0.4 is 0 Å². The van der Waals surface area contributed by atoms with Crippen molar-refractivity contribution in [2.75, 3.05) is 0 Å². The maximum Gasteiger partial charge on any atom is 0.0924 e. The van der Waals surface area contributed by atoms with Gasteiger partial charge in [0.1, 0.15) is 0 Å². The molecule has 2 unspecified atom stereocenters. The second-order valence-corrected chi connectivity index (χ2v) is 7.11. The molecule has 0 aromatic carbocycles. The first-order valence-corrected chi connectivity index (χ1v) is 9.33. The van der Waals surface area contributed by atoms with Crippen LogP contribution in [-0.4, -0.2) is 21.4 Å². The highest BCUT2D eigenvalue weighted by molar-refractivity contribution is 6.10. The Morgan fingerprint density at radius 3 is 2.00 bits per heavy atom. The van der Waals surface area contributed by atoms with Gasteiger partial charge in [0.25, 0.3) is 0 Å². The van der Waals surface area contributed by atoms with Crippen LogP contribution >= 0.6 is 0 Å². The Hall–Kier alpha value is -2.36. The maximum absolute atomic E-state index is 4.65. The summed E-state index contributed by atoms with van der Waals surface area (Å²) >= 11 is 0. The van der Waals surface area contributed by atoms with Gasteiger partial charge in [0.2, 0.25) is 0 Å². The SMILES string of the molecule is Cc1ccc(C2=NN=C(c3ccccn3)C3CCCCCCC23)nc1. The monoisotopic (exact) mass is 332 g/mol. The van der Waals surface area contributed by atoms with E-state index in [1.807, 2.05) is 24.5 Å². The number of pyridine rings is 2. The fraction of sp³-hybridized carbons (Fsp3) is 0.429. The lowest BCUT2D eigenvalue weighted by Gasteiger charge is -2.32. The van der Waals surface area contributed by atoms with E-state index in [1.165, 1.54) is 31.2 Å². The third-order valence-electron chi connectivity index (χ3n) is 5.33. The number of fused-ring (bicyclic) bond motifs is 1. The molecule has 0 bridgehead atoms. The molecule has 1 saturated carbocycles. The van der Waals surface area contributed by atoms with Crippen molar-refractivity contribution < 1.29 is 0 Å². The van der Waals surface area contributed by atoms with E-state index in [9.17, 15) is 0 Å². The zero-order valence-electron chi connectivity index (χ0n) is 14.7. The normalized spacial score (nSPS) is 23.7. The molecule has 2 aliphatic rings. The van der Waals surface area contributed by atoms with Gasteiger partial charge in [-0.15, -0.1) is 0 Å². The van der Waals surface area contributed by atoms with Gasteiger partial charge in [0, 0.05) is 24.2 Å². The highest BCUT2D eigenvalue weighted by Crippen LogP contribution is 2.35. The van der Waals surface area contributed by atoms with Crippen molar-refractivity contribution in [2.45, 2.75) is 45.4 Å².